The largest absolute Gasteiger partial charge is 0.486 e. The summed E-state index contributed by atoms with van der Waals surface area (Å²) < 4.78 is 8.04. The van der Waals surface area contributed by atoms with E-state index in [9.17, 15) is 0 Å². The molecule has 2 aromatic carbocycles. The van der Waals surface area contributed by atoms with Crippen molar-refractivity contribution < 1.29 is 4.74 Å². The number of halogens is 1. The molecule has 160 valence electrons. The second kappa shape index (κ2) is 9.85. The maximum atomic E-state index is 6.30. The first kappa shape index (κ1) is 21.9. The molecule has 2 heterocycles. The van der Waals surface area contributed by atoms with Gasteiger partial charge in [-0.05, 0) is 50.1 Å². The molecule has 0 fully saturated rings. The number of nitrogens with zero attached hydrogens (tertiary/aromatic N) is 4. The third-order valence-corrected chi connectivity index (χ3v) is 7.22. The van der Waals surface area contributed by atoms with Crippen LogP contribution in [0.4, 0.5) is 0 Å². The van der Waals surface area contributed by atoms with Gasteiger partial charge in [0.25, 0.3) is 0 Å². The van der Waals surface area contributed by atoms with Gasteiger partial charge in [0.15, 0.2) is 11.0 Å². The Labute approximate surface area is 195 Å². The molecule has 0 bridgehead atoms. The van der Waals surface area contributed by atoms with Crippen molar-refractivity contribution in [1.82, 2.24) is 19.7 Å². The molecule has 0 atom stereocenters. The average molecular weight is 471 g/mol. The Balaban J connectivity index is 1.41. The van der Waals surface area contributed by atoms with Gasteiger partial charge in [-0.3, -0.25) is 0 Å². The van der Waals surface area contributed by atoms with Crippen LogP contribution >= 0.6 is 34.7 Å². The van der Waals surface area contributed by atoms with Crippen LogP contribution in [0.2, 0.25) is 5.02 Å². The Bertz CT molecular complexity index is 1190. The minimum atomic E-state index is 0.386. The maximum Gasteiger partial charge on any atom is 0.191 e. The fourth-order valence-electron chi connectivity index (χ4n) is 3.07. The molecular formula is C23H23ClN4OS2. The lowest BCUT2D eigenvalue weighted by atomic mass is 10.1. The minimum absolute atomic E-state index is 0.386. The Morgan fingerprint density at radius 2 is 1.94 bits per heavy atom. The van der Waals surface area contributed by atoms with E-state index in [2.05, 4.69) is 53.0 Å². The van der Waals surface area contributed by atoms with E-state index in [1.54, 1.807) is 23.1 Å². The van der Waals surface area contributed by atoms with Crippen molar-refractivity contribution >= 4 is 34.7 Å². The molecule has 0 spiro atoms. The molecule has 0 unspecified atom stereocenters. The second-order valence-electron chi connectivity index (χ2n) is 7.09. The molecular weight excluding hydrogens is 448 g/mol. The Morgan fingerprint density at radius 3 is 2.71 bits per heavy atom. The summed E-state index contributed by atoms with van der Waals surface area (Å²) in [5.74, 6) is 2.38. The standard InChI is InChI=1S/C23H23ClN4OS2/c1-4-28-21(12-29-18-10-9-15(2)16(3)11-18)26-27-23(28)31-14-17-13-30-22(25-17)19-7-5-6-8-20(19)24/h5-11,13H,4,12,14H2,1-3H3. The van der Waals surface area contributed by atoms with Crippen LogP contribution in [0.1, 0.15) is 29.6 Å². The highest BCUT2D eigenvalue weighted by Gasteiger charge is 2.14. The van der Waals surface area contributed by atoms with Crippen molar-refractivity contribution in [1.29, 1.82) is 0 Å². The topological polar surface area (TPSA) is 52.8 Å². The van der Waals surface area contributed by atoms with Gasteiger partial charge in [0, 0.05) is 23.2 Å². The molecule has 0 aliphatic heterocycles. The normalized spacial score (nSPS) is 11.1. The summed E-state index contributed by atoms with van der Waals surface area (Å²) >= 11 is 9.53. The molecule has 4 rings (SSSR count). The van der Waals surface area contributed by atoms with Gasteiger partial charge in [0.1, 0.15) is 17.4 Å². The van der Waals surface area contributed by atoms with Crippen LogP contribution in [-0.4, -0.2) is 19.7 Å². The lowest BCUT2D eigenvalue weighted by Gasteiger charge is -2.10. The lowest BCUT2D eigenvalue weighted by molar-refractivity contribution is 0.288. The summed E-state index contributed by atoms with van der Waals surface area (Å²) in [7, 11) is 0. The van der Waals surface area contributed by atoms with Crippen LogP contribution < -0.4 is 4.74 Å². The molecule has 0 N–H and O–H groups in total. The van der Waals surface area contributed by atoms with E-state index >= 15 is 0 Å². The van der Waals surface area contributed by atoms with Crippen molar-refractivity contribution in [2.24, 2.45) is 0 Å². The van der Waals surface area contributed by atoms with Crippen molar-refractivity contribution in [2.75, 3.05) is 0 Å². The van der Waals surface area contributed by atoms with Gasteiger partial charge >= 0.3 is 0 Å². The molecule has 0 saturated heterocycles. The average Bonchev–Trinajstić information content (AvgIpc) is 3.40. The van der Waals surface area contributed by atoms with Crippen LogP contribution in [0.5, 0.6) is 5.75 Å². The number of aromatic nitrogens is 4. The first-order valence-corrected chi connectivity index (χ1v) is 12.2. The number of benzene rings is 2. The van der Waals surface area contributed by atoms with Crippen LogP contribution in [-0.2, 0) is 18.9 Å². The van der Waals surface area contributed by atoms with Gasteiger partial charge in [-0.15, -0.1) is 21.5 Å². The van der Waals surface area contributed by atoms with Gasteiger partial charge < -0.3 is 9.30 Å². The van der Waals surface area contributed by atoms with Gasteiger partial charge in [0.05, 0.1) is 10.7 Å². The molecule has 0 aliphatic carbocycles. The molecule has 2 aromatic heterocycles. The van der Waals surface area contributed by atoms with Gasteiger partial charge in [-0.1, -0.05) is 47.6 Å². The van der Waals surface area contributed by atoms with Crippen LogP contribution in [0.25, 0.3) is 10.6 Å². The van der Waals surface area contributed by atoms with Crippen molar-refractivity contribution in [3.05, 3.63) is 75.5 Å². The van der Waals surface area contributed by atoms with E-state index in [-0.39, 0.29) is 0 Å². The van der Waals surface area contributed by atoms with E-state index < -0.39 is 0 Å². The van der Waals surface area contributed by atoms with Crippen molar-refractivity contribution in [3.63, 3.8) is 0 Å². The lowest BCUT2D eigenvalue weighted by Crippen LogP contribution is -2.07. The first-order chi connectivity index (χ1) is 15.0. The van der Waals surface area contributed by atoms with E-state index in [0.29, 0.717) is 6.61 Å². The summed E-state index contributed by atoms with van der Waals surface area (Å²) in [6.45, 7) is 7.43. The second-order valence-corrected chi connectivity index (χ2v) is 9.30. The number of rotatable bonds is 8. The van der Waals surface area contributed by atoms with Gasteiger partial charge in [0.2, 0.25) is 0 Å². The molecule has 0 aliphatic rings. The molecule has 31 heavy (non-hydrogen) atoms. The highest BCUT2D eigenvalue weighted by Crippen LogP contribution is 2.32. The van der Waals surface area contributed by atoms with E-state index in [4.69, 9.17) is 21.3 Å². The van der Waals surface area contributed by atoms with Gasteiger partial charge in [-0.25, -0.2) is 4.98 Å². The summed E-state index contributed by atoms with van der Waals surface area (Å²) in [4.78, 5) is 4.74. The fraction of sp³-hybridized carbons (Fsp3) is 0.261. The number of hydrogen-bond acceptors (Lipinski definition) is 6. The van der Waals surface area contributed by atoms with E-state index in [0.717, 1.165) is 50.3 Å². The fourth-order valence-corrected chi connectivity index (χ4v) is 5.23. The Hall–Kier alpha value is -2.35. The minimum Gasteiger partial charge on any atom is -0.486 e. The van der Waals surface area contributed by atoms with E-state index in [1.165, 1.54) is 11.1 Å². The summed E-state index contributed by atoms with van der Waals surface area (Å²) in [6, 6.07) is 13.9. The zero-order valence-electron chi connectivity index (χ0n) is 17.6. The predicted molar refractivity (Wildman–Crippen MR) is 128 cm³/mol. The summed E-state index contributed by atoms with van der Waals surface area (Å²) in [5.41, 5.74) is 4.43. The van der Waals surface area contributed by atoms with Crippen molar-refractivity contribution in [3.8, 4) is 16.3 Å². The Morgan fingerprint density at radius 1 is 1.10 bits per heavy atom. The highest BCUT2D eigenvalue weighted by molar-refractivity contribution is 7.98. The van der Waals surface area contributed by atoms with Crippen LogP contribution in [0.3, 0.4) is 0 Å². The highest BCUT2D eigenvalue weighted by atomic mass is 35.5. The maximum absolute atomic E-state index is 6.30. The first-order valence-electron chi connectivity index (χ1n) is 9.99. The molecule has 4 aromatic rings. The summed E-state index contributed by atoms with van der Waals surface area (Å²) in [5, 5.41) is 13.3. The zero-order valence-corrected chi connectivity index (χ0v) is 20.0. The molecule has 0 radical (unpaired) electrons. The number of aryl methyl sites for hydroxylation is 2. The van der Waals surface area contributed by atoms with Crippen LogP contribution in [0, 0.1) is 13.8 Å². The smallest absolute Gasteiger partial charge is 0.191 e. The van der Waals surface area contributed by atoms with Crippen molar-refractivity contribution in [2.45, 2.75) is 44.8 Å². The monoisotopic (exact) mass is 470 g/mol. The summed E-state index contributed by atoms with van der Waals surface area (Å²) in [6.07, 6.45) is 0. The number of ether oxygens (including phenoxy) is 1. The zero-order chi connectivity index (χ0) is 21.8. The van der Waals surface area contributed by atoms with E-state index in [1.807, 2.05) is 30.3 Å². The molecule has 0 amide bonds. The van der Waals surface area contributed by atoms with Crippen LogP contribution in [0.15, 0.2) is 53.0 Å². The Kier molecular flexibility index (Phi) is 6.95. The number of hydrogen-bond donors (Lipinski definition) is 0. The third-order valence-electron chi connectivity index (χ3n) is 4.96. The number of thiazole rings is 1. The SMILES string of the molecule is CCn1c(COc2ccc(C)c(C)c2)nnc1SCc1csc(-c2ccccc2Cl)n1. The molecule has 5 nitrogen and oxygen atoms in total. The predicted octanol–water partition coefficient (Wildman–Crippen LogP) is 6.56. The number of thioether (sulfide) groups is 1. The molecule has 0 saturated carbocycles. The van der Waals surface area contributed by atoms with Gasteiger partial charge in [-0.2, -0.15) is 0 Å². The molecule has 8 heteroatoms. The quantitative estimate of drug-likeness (QED) is 0.273. The third kappa shape index (κ3) is 5.11.